The summed E-state index contributed by atoms with van der Waals surface area (Å²) < 4.78 is 22.8. The molecule has 5 heteroatoms. The van der Waals surface area contributed by atoms with Crippen molar-refractivity contribution in [2.45, 2.75) is 63.1 Å². The highest BCUT2D eigenvalue weighted by molar-refractivity contribution is 7.91. The summed E-state index contributed by atoms with van der Waals surface area (Å²) >= 11 is 0. The van der Waals surface area contributed by atoms with Crippen molar-refractivity contribution >= 4 is 9.84 Å². The average molecular weight is 261 g/mol. The minimum atomic E-state index is -3.02. The first-order valence-electron chi connectivity index (χ1n) is 6.71. The highest BCUT2D eigenvalue weighted by Crippen LogP contribution is 2.20. The molecule has 1 aliphatic heterocycles. The van der Waals surface area contributed by atoms with Gasteiger partial charge in [0.2, 0.25) is 0 Å². The SMILES string of the molecule is O=S1(=O)C[C@@H](O)[C@H](NC2CCCCCCC2)C1. The molecule has 0 bridgehead atoms. The van der Waals surface area contributed by atoms with Gasteiger partial charge in [-0.3, -0.25) is 0 Å². The molecule has 0 aromatic carbocycles. The lowest BCUT2D eigenvalue weighted by Gasteiger charge is -2.25. The Labute approximate surface area is 104 Å². The van der Waals surface area contributed by atoms with Crippen LogP contribution in [-0.4, -0.2) is 43.2 Å². The second-order valence-electron chi connectivity index (χ2n) is 5.46. The number of hydrogen-bond donors (Lipinski definition) is 2. The molecule has 2 rings (SSSR count). The molecular weight excluding hydrogens is 238 g/mol. The number of rotatable bonds is 2. The van der Waals surface area contributed by atoms with E-state index < -0.39 is 15.9 Å². The Morgan fingerprint density at radius 1 is 0.941 bits per heavy atom. The molecule has 1 aliphatic carbocycles. The van der Waals surface area contributed by atoms with Crippen LogP contribution in [0, 0.1) is 0 Å². The van der Waals surface area contributed by atoms with E-state index in [4.69, 9.17) is 0 Å². The molecule has 2 atom stereocenters. The van der Waals surface area contributed by atoms with Crippen LogP contribution in [0.25, 0.3) is 0 Å². The summed E-state index contributed by atoms with van der Waals surface area (Å²) in [5.74, 6) is 0.0298. The van der Waals surface area contributed by atoms with Crippen molar-refractivity contribution in [3.05, 3.63) is 0 Å². The molecule has 2 N–H and O–H groups in total. The summed E-state index contributed by atoms with van der Waals surface area (Å²) in [6.45, 7) is 0. The second-order valence-corrected chi connectivity index (χ2v) is 7.61. The van der Waals surface area contributed by atoms with Gasteiger partial charge in [0.25, 0.3) is 0 Å². The topological polar surface area (TPSA) is 66.4 Å². The van der Waals surface area contributed by atoms with E-state index in [0.29, 0.717) is 6.04 Å². The maximum atomic E-state index is 11.4. The predicted octanol–water partition coefficient (Wildman–Crippen LogP) is 0.847. The third kappa shape index (κ3) is 3.93. The third-order valence-corrected chi connectivity index (χ3v) is 5.59. The van der Waals surface area contributed by atoms with Crippen LogP contribution in [0.3, 0.4) is 0 Å². The molecule has 17 heavy (non-hydrogen) atoms. The number of aliphatic hydroxyl groups is 1. The van der Waals surface area contributed by atoms with E-state index in [1.54, 1.807) is 0 Å². The molecule has 0 aromatic rings. The fourth-order valence-corrected chi connectivity index (χ4v) is 4.67. The van der Waals surface area contributed by atoms with Crippen LogP contribution < -0.4 is 5.32 Å². The van der Waals surface area contributed by atoms with Gasteiger partial charge in [-0.25, -0.2) is 8.42 Å². The van der Waals surface area contributed by atoms with Gasteiger partial charge in [-0.05, 0) is 12.8 Å². The Morgan fingerprint density at radius 2 is 1.53 bits per heavy atom. The van der Waals surface area contributed by atoms with Crippen LogP contribution in [0.1, 0.15) is 44.9 Å². The number of sulfone groups is 1. The van der Waals surface area contributed by atoms with Gasteiger partial charge in [0.1, 0.15) is 0 Å². The van der Waals surface area contributed by atoms with Gasteiger partial charge >= 0.3 is 0 Å². The molecule has 0 aromatic heterocycles. The number of hydrogen-bond acceptors (Lipinski definition) is 4. The van der Waals surface area contributed by atoms with Crippen molar-refractivity contribution in [1.82, 2.24) is 5.32 Å². The van der Waals surface area contributed by atoms with Crippen LogP contribution in [0.4, 0.5) is 0 Å². The van der Waals surface area contributed by atoms with E-state index >= 15 is 0 Å². The molecule has 100 valence electrons. The van der Waals surface area contributed by atoms with Crippen molar-refractivity contribution in [3.8, 4) is 0 Å². The van der Waals surface area contributed by atoms with Crippen LogP contribution in [-0.2, 0) is 9.84 Å². The molecule has 4 nitrogen and oxygen atoms in total. The molecule has 2 aliphatic rings. The van der Waals surface area contributed by atoms with Gasteiger partial charge < -0.3 is 10.4 Å². The van der Waals surface area contributed by atoms with Crippen LogP contribution in [0.5, 0.6) is 0 Å². The lowest BCUT2D eigenvalue weighted by atomic mass is 9.96. The standard InChI is InChI=1S/C12H23NO3S/c14-12-9-17(15,16)8-11(12)13-10-6-4-2-1-3-5-7-10/h10-14H,1-9H2/t11-,12-/m1/s1. The van der Waals surface area contributed by atoms with Crippen molar-refractivity contribution in [1.29, 1.82) is 0 Å². The van der Waals surface area contributed by atoms with Gasteiger partial charge in [0, 0.05) is 12.1 Å². The smallest absolute Gasteiger partial charge is 0.154 e. The van der Waals surface area contributed by atoms with Crippen LogP contribution in [0.15, 0.2) is 0 Å². The quantitative estimate of drug-likeness (QED) is 0.773. The fourth-order valence-electron chi connectivity index (χ4n) is 2.91. The first-order chi connectivity index (χ1) is 8.07. The molecule has 0 unspecified atom stereocenters. The monoisotopic (exact) mass is 261 g/mol. The highest BCUT2D eigenvalue weighted by Gasteiger charge is 2.37. The zero-order valence-electron chi connectivity index (χ0n) is 10.3. The van der Waals surface area contributed by atoms with Crippen molar-refractivity contribution in [2.75, 3.05) is 11.5 Å². The zero-order valence-corrected chi connectivity index (χ0v) is 11.1. The summed E-state index contributed by atoms with van der Waals surface area (Å²) in [6.07, 6.45) is 7.83. The Morgan fingerprint density at radius 3 is 2.06 bits per heavy atom. The van der Waals surface area contributed by atoms with E-state index in [2.05, 4.69) is 5.32 Å². The molecule has 2 fully saturated rings. The van der Waals surface area contributed by atoms with E-state index in [9.17, 15) is 13.5 Å². The van der Waals surface area contributed by atoms with Gasteiger partial charge in [-0.1, -0.05) is 32.1 Å². The maximum Gasteiger partial charge on any atom is 0.154 e. The van der Waals surface area contributed by atoms with Crippen LogP contribution >= 0.6 is 0 Å². The van der Waals surface area contributed by atoms with Gasteiger partial charge in [-0.2, -0.15) is 0 Å². The van der Waals surface area contributed by atoms with Crippen molar-refractivity contribution in [3.63, 3.8) is 0 Å². The van der Waals surface area contributed by atoms with Gasteiger partial charge in [0.05, 0.1) is 17.6 Å². The second kappa shape index (κ2) is 5.67. The number of aliphatic hydroxyl groups excluding tert-OH is 1. The lowest BCUT2D eigenvalue weighted by molar-refractivity contribution is 0.155. The summed E-state index contributed by atoms with van der Waals surface area (Å²) in [6, 6.07) is 0.146. The average Bonchev–Trinajstić information content (AvgIpc) is 2.44. The molecule has 0 spiro atoms. The largest absolute Gasteiger partial charge is 0.390 e. The van der Waals surface area contributed by atoms with E-state index in [1.165, 1.54) is 32.1 Å². The van der Waals surface area contributed by atoms with E-state index in [1.807, 2.05) is 0 Å². The molecule has 1 heterocycles. The van der Waals surface area contributed by atoms with E-state index in [0.717, 1.165) is 12.8 Å². The molecule has 1 saturated heterocycles. The minimum Gasteiger partial charge on any atom is -0.390 e. The maximum absolute atomic E-state index is 11.4. The molecule has 0 radical (unpaired) electrons. The normalized spacial score (nSPS) is 35.4. The van der Waals surface area contributed by atoms with Crippen LogP contribution in [0.2, 0.25) is 0 Å². The summed E-state index contributed by atoms with van der Waals surface area (Å²) in [5.41, 5.74) is 0. The number of nitrogens with one attached hydrogen (secondary N) is 1. The molecular formula is C12H23NO3S. The minimum absolute atomic E-state index is 0.0720. The summed E-state index contributed by atoms with van der Waals surface area (Å²) in [4.78, 5) is 0. The van der Waals surface area contributed by atoms with Gasteiger partial charge in [-0.15, -0.1) is 0 Å². The van der Waals surface area contributed by atoms with Crippen molar-refractivity contribution in [2.24, 2.45) is 0 Å². The van der Waals surface area contributed by atoms with Crippen molar-refractivity contribution < 1.29 is 13.5 Å². The molecule has 1 saturated carbocycles. The molecule has 0 amide bonds. The lowest BCUT2D eigenvalue weighted by Crippen LogP contribution is -2.45. The summed E-state index contributed by atoms with van der Waals surface area (Å²) in [5, 5.41) is 13.1. The van der Waals surface area contributed by atoms with E-state index in [-0.39, 0.29) is 17.5 Å². The Bertz CT molecular complexity index is 334. The Kier molecular flexibility index (Phi) is 4.44. The fraction of sp³-hybridized carbons (Fsp3) is 1.00. The summed E-state index contributed by atoms with van der Waals surface area (Å²) in [7, 11) is -3.02. The first-order valence-corrected chi connectivity index (χ1v) is 8.53. The Balaban J connectivity index is 1.87. The Hall–Kier alpha value is -0.130. The predicted molar refractivity (Wildman–Crippen MR) is 67.7 cm³/mol. The zero-order chi connectivity index (χ0) is 12.3. The first kappa shape index (κ1) is 13.3. The third-order valence-electron chi connectivity index (χ3n) is 3.88. The van der Waals surface area contributed by atoms with Gasteiger partial charge in [0.15, 0.2) is 9.84 Å². The highest BCUT2D eigenvalue weighted by atomic mass is 32.2.